The smallest absolute Gasteiger partial charge is 0.276 e. The molecule has 0 amide bonds. The number of anilines is 2. The molecule has 0 spiro atoms. The number of hydrogen-bond acceptors (Lipinski definition) is 6. The van der Waals surface area contributed by atoms with Gasteiger partial charge in [0.05, 0.1) is 17.1 Å². The van der Waals surface area contributed by atoms with Crippen molar-refractivity contribution in [2.75, 3.05) is 17.3 Å². The van der Waals surface area contributed by atoms with E-state index in [9.17, 15) is 10.1 Å². The molecule has 0 radical (unpaired) electrons. The van der Waals surface area contributed by atoms with Crippen molar-refractivity contribution < 1.29 is 4.92 Å². The number of nitro groups is 1. The topological polar surface area (TPSA) is 106 Å². The number of hydrogen-bond donors (Lipinski definition) is 3. The first-order valence-electron chi connectivity index (χ1n) is 5.04. The number of hydrazine groups is 1. The van der Waals surface area contributed by atoms with Gasteiger partial charge in [0.15, 0.2) is 0 Å². The fraction of sp³-hybridized carbons (Fsp3) is 0.444. The Morgan fingerprint density at radius 3 is 2.75 bits per heavy atom. The van der Waals surface area contributed by atoms with Crippen LogP contribution in [0.4, 0.5) is 17.3 Å². The number of nitrogen functional groups attached to an aromatic ring is 1. The van der Waals surface area contributed by atoms with Gasteiger partial charge in [-0.25, -0.2) is 10.8 Å². The van der Waals surface area contributed by atoms with E-state index >= 15 is 0 Å². The fourth-order valence-corrected chi connectivity index (χ4v) is 1.18. The summed E-state index contributed by atoms with van der Waals surface area (Å²) in [6.45, 7) is 2.80. The summed E-state index contributed by atoms with van der Waals surface area (Å²) in [5.74, 6) is 5.91. The quantitative estimate of drug-likeness (QED) is 0.293. The van der Waals surface area contributed by atoms with E-state index in [0.717, 1.165) is 19.4 Å². The molecule has 0 aliphatic heterocycles. The predicted molar refractivity (Wildman–Crippen MR) is 62.1 cm³/mol. The average molecular weight is 225 g/mol. The number of nitrogens with two attached hydrogens (primary N) is 1. The first-order valence-corrected chi connectivity index (χ1v) is 5.04. The van der Waals surface area contributed by atoms with E-state index in [2.05, 4.69) is 22.7 Å². The highest BCUT2D eigenvalue weighted by Crippen LogP contribution is 2.19. The number of aromatic nitrogens is 1. The minimum absolute atomic E-state index is 0.0399. The fourth-order valence-electron chi connectivity index (χ4n) is 1.18. The van der Waals surface area contributed by atoms with Gasteiger partial charge in [-0.05, 0) is 6.42 Å². The van der Waals surface area contributed by atoms with Gasteiger partial charge in [0, 0.05) is 6.54 Å². The molecule has 0 unspecified atom stereocenters. The summed E-state index contributed by atoms with van der Waals surface area (Å²) in [7, 11) is 0. The Kier molecular flexibility index (Phi) is 4.46. The van der Waals surface area contributed by atoms with Crippen molar-refractivity contribution in [1.82, 2.24) is 4.98 Å². The number of pyridine rings is 1. The van der Waals surface area contributed by atoms with Gasteiger partial charge in [0.1, 0.15) is 11.6 Å². The second-order valence-corrected chi connectivity index (χ2v) is 3.28. The third-order valence-electron chi connectivity index (χ3n) is 2.01. The molecule has 0 aliphatic carbocycles. The molecular weight excluding hydrogens is 210 g/mol. The van der Waals surface area contributed by atoms with E-state index in [1.54, 1.807) is 0 Å². The summed E-state index contributed by atoms with van der Waals surface area (Å²) in [6, 6.07) is 2.67. The molecule has 1 rings (SSSR count). The molecule has 1 aromatic rings. The summed E-state index contributed by atoms with van der Waals surface area (Å²) >= 11 is 0. The first kappa shape index (κ1) is 12.2. The zero-order valence-corrected chi connectivity index (χ0v) is 9.06. The van der Waals surface area contributed by atoms with Gasteiger partial charge in [-0.1, -0.05) is 13.3 Å². The minimum atomic E-state index is -0.479. The summed E-state index contributed by atoms with van der Waals surface area (Å²) in [4.78, 5) is 14.2. The molecular formula is C9H15N5O2. The maximum atomic E-state index is 10.6. The molecule has 88 valence electrons. The monoisotopic (exact) mass is 225 g/mol. The van der Waals surface area contributed by atoms with Gasteiger partial charge < -0.3 is 10.7 Å². The van der Waals surface area contributed by atoms with Crippen LogP contribution in [0.15, 0.2) is 12.1 Å². The summed E-state index contributed by atoms with van der Waals surface area (Å²) in [5, 5.41) is 13.6. The third-order valence-corrected chi connectivity index (χ3v) is 2.01. The minimum Gasteiger partial charge on any atom is -0.370 e. The van der Waals surface area contributed by atoms with Crippen LogP contribution in [-0.4, -0.2) is 16.5 Å². The Labute approximate surface area is 93.2 Å². The predicted octanol–water partition coefficient (Wildman–Crippen LogP) is 1.49. The Morgan fingerprint density at radius 2 is 2.19 bits per heavy atom. The largest absolute Gasteiger partial charge is 0.370 e. The Hall–Kier alpha value is -1.89. The molecule has 16 heavy (non-hydrogen) atoms. The van der Waals surface area contributed by atoms with Crippen molar-refractivity contribution in [2.24, 2.45) is 5.84 Å². The lowest BCUT2D eigenvalue weighted by Crippen LogP contribution is -2.11. The van der Waals surface area contributed by atoms with E-state index < -0.39 is 4.92 Å². The molecule has 4 N–H and O–H groups in total. The number of unbranched alkanes of at least 4 members (excludes halogenated alkanes) is 1. The van der Waals surface area contributed by atoms with Crippen LogP contribution in [0.1, 0.15) is 19.8 Å². The molecule has 0 fully saturated rings. The van der Waals surface area contributed by atoms with Crippen molar-refractivity contribution in [3.8, 4) is 0 Å². The molecule has 1 heterocycles. The lowest BCUT2D eigenvalue weighted by atomic mass is 10.3. The third kappa shape index (κ3) is 3.35. The van der Waals surface area contributed by atoms with Gasteiger partial charge >= 0.3 is 0 Å². The molecule has 0 aromatic carbocycles. The van der Waals surface area contributed by atoms with Crippen LogP contribution < -0.4 is 16.6 Å². The van der Waals surface area contributed by atoms with E-state index in [0.29, 0.717) is 5.82 Å². The lowest BCUT2D eigenvalue weighted by molar-refractivity contribution is -0.384. The highest BCUT2D eigenvalue weighted by atomic mass is 16.6. The van der Waals surface area contributed by atoms with Crippen molar-refractivity contribution in [3.63, 3.8) is 0 Å². The van der Waals surface area contributed by atoms with Gasteiger partial charge in [-0.15, -0.1) is 0 Å². The average Bonchev–Trinajstić information content (AvgIpc) is 2.29. The van der Waals surface area contributed by atoms with Gasteiger partial charge in [0.2, 0.25) is 0 Å². The van der Waals surface area contributed by atoms with E-state index in [1.165, 1.54) is 12.1 Å². The van der Waals surface area contributed by atoms with E-state index in [4.69, 9.17) is 5.84 Å². The van der Waals surface area contributed by atoms with Crippen LogP contribution in [0.5, 0.6) is 0 Å². The molecule has 0 atom stereocenters. The zero-order chi connectivity index (χ0) is 12.0. The number of nitrogens with one attached hydrogen (secondary N) is 2. The van der Waals surface area contributed by atoms with Crippen LogP contribution in [-0.2, 0) is 0 Å². The normalized spacial score (nSPS) is 9.88. The summed E-state index contributed by atoms with van der Waals surface area (Å²) in [5.41, 5.74) is 2.26. The standard InChI is InChI=1S/C9H15N5O2/c1-2-3-4-11-8-5-7(14(15)16)6-9(12-8)13-10/h5-6H,2-4,10H2,1H3,(H2,11,12,13). The van der Waals surface area contributed by atoms with Crippen molar-refractivity contribution in [3.05, 3.63) is 22.2 Å². The molecule has 0 saturated heterocycles. The zero-order valence-electron chi connectivity index (χ0n) is 9.06. The Morgan fingerprint density at radius 1 is 1.50 bits per heavy atom. The van der Waals surface area contributed by atoms with Crippen LogP contribution >= 0.6 is 0 Å². The van der Waals surface area contributed by atoms with Gasteiger partial charge in [-0.2, -0.15) is 0 Å². The maximum absolute atomic E-state index is 10.6. The first-order chi connectivity index (χ1) is 7.67. The second-order valence-electron chi connectivity index (χ2n) is 3.28. The molecule has 0 bridgehead atoms. The van der Waals surface area contributed by atoms with Gasteiger partial charge in [0.25, 0.3) is 5.69 Å². The van der Waals surface area contributed by atoms with E-state index in [1.807, 2.05) is 0 Å². The van der Waals surface area contributed by atoms with Crippen LogP contribution in [0.2, 0.25) is 0 Å². The van der Waals surface area contributed by atoms with E-state index in [-0.39, 0.29) is 11.5 Å². The van der Waals surface area contributed by atoms with Crippen LogP contribution in [0.25, 0.3) is 0 Å². The van der Waals surface area contributed by atoms with Crippen LogP contribution in [0.3, 0.4) is 0 Å². The van der Waals surface area contributed by atoms with Crippen molar-refractivity contribution >= 4 is 17.3 Å². The van der Waals surface area contributed by atoms with Crippen LogP contribution in [0, 0.1) is 10.1 Å². The SMILES string of the molecule is CCCCNc1cc([N+](=O)[O-])cc(NN)n1. The molecule has 7 nitrogen and oxygen atoms in total. The molecule has 1 aromatic heterocycles. The molecule has 0 saturated carbocycles. The second kappa shape index (κ2) is 5.86. The van der Waals surface area contributed by atoms with Crippen molar-refractivity contribution in [2.45, 2.75) is 19.8 Å². The number of nitrogens with zero attached hydrogens (tertiary/aromatic N) is 2. The Balaban J connectivity index is 2.82. The lowest BCUT2D eigenvalue weighted by Gasteiger charge is -2.06. The molecule has 0 aliphatic rings. The van der Waals surface area contributed by atoms with Crippen molar-refractivity contribution in [1.29, 1.82) is 0 Å². The number of rotatable bonds is 6. The molecule has 7 heteroatoms. The maximum Gasteiger partial charge on any atom is 0.276 e. The summed E-state index contributed by atoms with van der Waals surface area (Å²) in [6.07, 6.45) is 2.03. The highest BCUT2D eigenvalue weighted by molar-refractivity contribution is 5.54. The Bertz CT molecular complexity index is 369. The van der Waals surface area contributed by atoms with Gasteiger partial charge in [-0.3, -0.25) is 10.1 Å². The summed E-state index contributed by atoms with van der Waals surface area (Å²) < 4.78 is 0. The highest BCUT2D eigenvalue weighted by Gasteiger charge is 2.10.